The van der Waals surface area contributed by atoms with Gasteiger partial charge in [-0.15, -0.1) is 0 Å². The first-order chi connectivity index (χ1) is 6.31. The quantitative estimate of drug-likeness (QED) is 0.855. The Morgan fingerprint density at radius 3 is 3.08 bits per heavy atom. The number of hydrogen-bond acceptors (Lipinski definition) is 1. The molecule has 2 rings (SSSR count). The van der Waals surface area contributed by atoms with Gasteiger partial charge in [0.25, 0.3) is 0 Å². The lowest BCUT2D eigenvalue weighted by atomic mass is 10.1. The van der Waals surface area contributed by atoms with E-state index in [-0.39, 0.29) is 0 Å². The van der Waals surface area contributed by atoms with Crippen molar-refractivity contribution < 1.29 is 0 Å². The summed E-state index contributed by atoms with van der Waals surface area (Å²) in [4.78, 5) is 0. The van der Waals surface area contributed by atoms with Crippen LogP contribution in [0.15, 0.2) is 22.8 Å². The largest absolute Gasteiger partial charge is 0.278 e. The van der Waals surface area contributed by atoms with Gasteiger partial charge in [0.1, 0.15) is 0 Å². The fourth-order valence-corrected chi connectivity index (χ4v) is 2.07. The van der Waals surface area contributed by atoms with Crippen molar-refractivity contribution in [2.45, 2.75) is 19.8 Å². The first-order valence-electron chi connectivity index (χ1n) is 4.42. The fraction of sp³-hybridized carbons (Fsp3) is 0.300. The first kappa shape index (κ1) is 8.75. The lowest BCUT2D eigenvalue weighted by molar-refractivity contribution is 0.929. The molecule has 0 spiro atoms. The molecule has 0 amide bonds. The molecule has 3 heteroatoms. The molecule has 0 saturated carbocycles. The van der Waals surface area contributed by atoms with Crippen molar-refractivity contribution in [3.8, 4) is 0 Å². The second kappa shape index (κ2) is 3.50. The third kappa shape index (κ3) is 1.61. The molecular weight excluding hydrogens is 228 g/mol. The molecule has 1 aromatic carbocycles. The van der Waals surface area contributed by atoms with Crippen LogP contribution in [0, 0.1) is 0 Å². The first-order valence-corrected chi connectivity index (χ1v) is 5.22. The highest BCUT2D eigenvalue weighted by Gasteiger charge is 2.03. The normalized spacial score (nSPS) is 10.9. The number of nitrogens with zero attached hydrogens (tertiary/aromatic N) is 1. The highest BCUT2D eigenvalue weighted by atomic mass is 79.9. The highest BCUT2D eigenvalue weighted by molar-refractivity contribution is 9.10. The van der Waals surface area contributed by atoms with E-state index in [4.69, 9.17) is 0 Å². The van der Waals surface area contributed by atoms with E-state index in [2.05, 4.69) is 45.2 Å². The molecule has 2 aromatic rings. The van der Waals surface area contributed by atoms with Crippen LogP contribution in [0.2, 0.25) is 0 Å². The van der Waals surface area contributed by atoms with Gasteiger partial charge in [-0.3, -0.25) is 5.10 Å². The summed E-state index contributed by atoms with van der Waals surface area (Å²) >= 11 is 3.49. The zero-order valence-corrected chi connectivity index (χ0v) is 9.06. The average Bonchev–Trinajstić information content (AvgIpc) is 2.52. The van der Waals surface area contributed by atoms with E-state index in [0.29, 0.717) is 0 Å². The van der Waals surface area contributed by atoms with E-state index in [9.17, 15) is 0 Å². The van der Waals surface area contributed by atoms with Crippen LogP contribution in [0.25, 0.3) is 10.9 Å². The number of aromatic nitrogens is 2. The maximum absolute atomic E-state index is 4.04. The Morgan fingerprint density at radius 1 is 1.46 bits per heavy atom. The number of fused-ring (bicyclic) bond motifs is 1. The lowest BCUT2D eigenvalue weighted by Gasteiger charge is -2.01. The second-order valence-electron chi connectivity index (χ2n) is 3.15. The molecule has 1 N–H and O–H groups in total. The Bertz CT molecular complexity index is 420. The van der Waals surface area contributed by atoms with Gasteiger partial charge >= 0.3 is 0 Å². The van der Waals surface area contributed by atoms with Crippen LogP contribution in [0.4, 0.5) is 0 Å². The van der Waals surface area contributed by atoms with Gasteiger partial charge in [-0.05, 0) is 24.1 Å². The monoisotopic (exact) mass is 238 g/mol. The molecule has 0 bridgehead atoms. The van der Waals surface area contributed by atoms with E-state index >= 15 is 0 Å². The van der Waals surface area contributed by atoms with Gasteiger partial charge < -0.3 is 0 Å². The van der Waals surface area contributed by atoms with Gasteiger partial charge in [0.15, 0.2) is 0 Å². The van der Waals surface area contributed by atoms with Gasteiger partial charge in [-0.1, -0.05) is 29.3 Å². The van der Waals surface area contributed by atoms with E-state index in [1.54, 1.807) is 0 Å². The Hall–Kier alpha value is -0.830. The summed E-state index contributed by atoms with van der Waals surface area (Å²) in [5, 5.41) is 8.26. The fourth-order valence-electron chi connectivity index (χ4n) is 1.56. The summed E-state index contributed by atoms with van der Waals surface area (Å²) in [7, 11) is 0. The van der Waals surface area contributed by atoms with Crippen molar-refractivity contribution in [3.05, 3.63) is 28.4 Å². The topological polar surface area (TPSA) is 28.7 Å². The summed E-state index contributed by atoms with van der Waals surface area (Å²) < 4.78 is 1.12. The molecule has 1 heterocycles. The van der Waals surface area contributed by atoms with E-state index in [1.165, 1.54) is 10.9 Å². The van der Waals surface area contributed by atoms with E-state index < -0.39 is 0 Å². The zero-order chi connectivity index (χ0) is 9.26. The molecule has 0 aliphatic rings. The van der Waals surface area contributed by atoms with E-state index in [0.717, 1.165) is 22.8 Å². The minimum absolute atomic E-state index is 1.11. The Labute approximate surface area is 85.5 Å². The number of H-pyrrole nitrogens is 1. The molecule has 2 nitrogen and oxygen atoms in total. The summed E-state index contributed by atoms with van der Waals surface area (Å²) in [6.07, 6.45) is 4.17. The second-order valence-corrected chi connectivity index (χ2v) is 4.06. The van der Waals surface area contributed by atoms with Crippen molar-refractivity contribution in [2.24, 2.45) is 0 Å². The molecule has 0 atom stereocenters. The third-order valence-electron chi connectivity index (χ3n) is 2.13. The minimum Gasteiger partial charge on any atom is -0.278 e. The molecule has 0 aliphatic carbocycles. The molecule has 0 saturated heterocycles. The minimum atomic E-state index is 1.11. The number of benzene rings is 1. The molecule has 1 aromatic heterocycles. The number of halogens is 1. The van der Waals surface area contributed by atoms with Crippen LogP contribution in [0.3, 0.4) is 0 Å². The Kier molecular flexibility index (Phi) is 2.36. The smallest absolute Gasteiger partial charge is 0.0664 e. The van der Waals surface area contributed by atoms with Gasteiger partial charge in [0.05, 0.1) is 11.7 Å². The molecular formula is C10H11BrN2. The maximum atomic E-state index is 4.04. The van der Waals surface area contributed by atoms with E-state index in [1.807, 2.05) is 6.20 Å². The number of nitrogens with one attached hydrogen (secondary N) is 1. The molecule has 13 heavy (non-hydrogen) atoms. The zero-order valence-electron chi connectivity index (χ0n) is 7.47. The number of aryl methyl sites for hydroxylation is 1. The molecule has 0 unspecified atom stereocenters. The molecule has 0 radical (unpaired) electrons. The lowest BCUT2D eigenvalue weighted by Crippen LogP contribution is -1.84. The average molecular weight is 239 g/mol. The van der Waals surface area contributed by atoms with Crippen LogP contribution >= 0.6 is 15.9 Å². The highest BCUT2D eigenvalue weighted by Crippen LogP contribution is 2.23. The SMILES string of the molecule is CCCc1cc(Br)cc2[nH]ncc12. The van der Waals surface area contributed by atoms with Crippen LogP contribution < -0.4 is 0 Å². The van der Waals surface area contributed by atoms with Gasteiger partial charge in [0, 0.05) is 9.86 Å². The van der Waals surface area contributed by atoms with Crippen LogP contribution in [0.1, 0.15) is 18.9 Å². The Balaban J connectivity index is 2.63. The van der Waals surface area contributed by atoms with Crippen molar-refractivity contribution in [3.63, 3.8) is 0 Å². The predicted molar refractivity (Wildman–Crippen MR) is 57.8 cm³/mol. The maximum Gasteiger partial charge on any atom is 0.0664 e. The van der Waals surface area contributed by atoms with Gasteiger partial charge in [-0.2, -0.15) is 5.10 Å². The number of rotatable bonds is 2. The van der Waals surface area contributed by atoms with Gasteiger partial charge in [-0.25, -0.2) is 0 Å². The number of hydrogen-bond donors (Lipinski definition) is 1. The standard InChI is InChI=1S/C10H11BrN2/c1-2-3-7-4-8(11)5-10-9(7)6-12-13-10/h4-6H,2-3H2,1H3,(H,12,13). The van der Waals surface area contributed by atoms with Crippen molar-refractivity contribution in [1.82, 2.24) is 10.2 Å². The van der Waals surface area contributed by atoms with Crippen molar-refractivity contribution >= 4 is 26.8 Å². The van der Waals surface area contributed by atoms with Gasteiger partial charge in [0.2, 0.25) is 0 Å². The molecule has 0 fully saturated rings. The third-order valence-corrected chi connectivity index (χ3v) is 2.59. The molecule has 68 valence electrons. The van der Waals surface area contributed by atoms with Crippen LogP contribution in [0.5, 0.6) is 0 Å². The Morgan fingerprint density at radius 2 is 2.31 bits per heavy atom. The summed E-state index contributed by atoms with van der Waals surface area (Å²) in [5.41, 5.74) is 2.47. The summed E-state index contributed by atoms with van der Waals surface area (Å²) in [6.45, 7) is 2.19. The van der Waals surface area contributed by atoms with Crippen molar-refractivity contribution in [1.29, 1.82) is 0 Å². The number of aromatic amines is 1. The summed E-state index contributed by atoms with van der Waals surface area (Å²) in [5.74, 6) is 0. The molecule has 0 aliphatic heterocycles. The van der Waals surface area contributed by atoms with Crippen molar-refractivity contribution in [2.75, 3.05) is 0 Å². The summed E-state index contributed by atoms with van der Waals surface area (Å²) in [6, 6.07) is 4.23. The predicted octanol–water partition coefficient (Wildman–Crippen LogP) is 3.28. The van der Waals surface area contributed by atoms with Crippen LogP contribution in [-0.2, 0) is 6.42 Å². The van der Waals surface area contributed by atoms with Crippen LogP contribution in [-0.4, -0.2) is 10.2 Å².